The van der Waals surface area contributed by atoms with Crippen molar-refractivity contribution in [2.45, 2.75) is 19.8 Å². The van der Waals surface area contributed by atoms with E-state index in [0.29, 0.717) is 12.8 Å². The van der Waals surface area contributed by atoms with Crippen molar-refractivity contribution in [1.29, 1.82) is 0 Å². The average molecular weight is 165 g/mol. The van der Waals surface area contributed by atoms with Crippen molar-refractivity contribution < 1.29 is 13.0 Å². The van der Waals surface area contributed by atoms with Crippen LogP contribution in [0.25, 0.3) is 0 Å². The van der Waals surface area contributed by atoms with Gasteiger partial charge in [-0.05, 0) is 12.3 Å². The summed E-state index contributed by atoms with van der Waals surface area (Å²) in [5.41, 5.74) is 0. The summed E-state index contributed by atoms with van der Waals surface area (Å²) in [5.74, 6) is 0.117. The van der Waals surface area contributed by atoms with Crippen LogP contribution in [0.15, 0.2) is 0 Å². The summed E-state index contributed by atoms with van der Waals surface area (Å²) in [6, 6.07) is 0. The highest BCUT2D eigenvalue weighted by atomic mass is 32.2. The summed E-state index contributed by atoms with van der Waals surface area (Å²) in [5, 5.41) is 0. The fourth-order valence-corrected chi connectivity index (χ4v) is 1.19. The van der Waals surface area contributed by atoms with Crippen LogP contribution in [0.4, 0.5) is 0 Å². The molecule has 1 atom stereocenters. The molecule has 1 unspecified atom stereocenters. The van der Waals surface area contributed by atoms with Gasteiger partial charge in [0.1, 0.15) is 0 Å². The third kappa shape index (κ3) is 6.04. The molecule has 0 spiro atoms. The molecule has 0 rings (SSSR count). The summed E-state index contributed by atoms with van der Waals surface area (Å²) in [7, 11) is -3.76. The molecule has 0 fully saturated rings. The fraction of sp³-hybridized carbons (Fsp3) is 0.833. The summed E-state index contributed by atoms with van der Waals surface area (Å²) in [4.78, 5) is 0. The Hall–Kier alpha value is -0.0900. The van der Waals surface area contributed by atoms with Crippen molar-refractivity contribution in [2.24, 2.45) is 5.92 Å². The highest BCUT2D eigenvalue weighted by Crippen LogP contribution is 2.06. The standard InChI is InChI=1S/C6H13O3S/c1-3-6(2)4-5-10(7,8)9/h6H,1,3-5H2,2H3,(H,7,8,9). The maximum atomic E-state index is 10.2. The van der Waals surface area contributed by atoms with Gasteiger partial charge in [-0.2, -0.15) is 8.42 Å². The Morgan fingerprint density at radius 1 is 1.60 bits per heavy atom. The zero-order chi connectivity index (χ0) is 8.20. The monoisotopic (exact) mass is 165 g/mol. The zero-order valence-corrected chi connectivity index (χ0v) is 6.89. The third-order valence-corrected chi connectivity index (χ3v) is 2.11. The zero-order valence-electron chi connectivity index (χ0n) is 6.08. The summed E-state index contributed by atoms with van der Waals surface area (Å²) >= 11 is 0. The van der Waals surface area contributed by atoms with Crippen molar-refractivity contribution >= 4 is 10.1 Å². The van der Waals surface area contributed by atoms with E-state index >= 15 is 0 Å². The second-order valence-corrected chi connectivity index (χ2v) is 4.04. The normalized spacial score (nSPS) is 15.1. The summed E-state index contributed by atoms with van der Waals surface area (Å²) < 4.78 is 28.7. The van der Waals surface area contributed by atoms with Gasteiger partial charge in [0.25, 0.3) is 10.1 Å². The highest BCUT2D eigenvalue weighted by Gasteiger charge is 2.06. The molecule has 0 aromatic heterocycles. The van der Waals surface area contributed by atoms with Crippen LogP contribution in [-0.4, -0.2) is 18.7 Å². The number of rotatable bonds is 4. The average Bonchev–Trinajstić information content (AvgIpc) is 1.81. The summed E-state index contributed by atoms with van der Waals surface area (Å²) in [6.07, 6.45) is 1.19. The quantitative estimate of drug-likeness (QED) is 0.635. The maximum absolute atomic E-state index is 10.2. The van der Waals surface area contributed by atoms with Gasteiger partial charge < -0.3 is 0 Å². The second kappa shape index (κ2) is 3.93. The van der Waals surface area contributed by atoms with Crippen LogP contribution >= 0.6 is 0 Å². The van der Waals surface area contributed by atoms with Crippen LogP contribution in [0, 0.1) is 12.8 Å². The Morgan fingerprint density at radius 2 is 2.10 bits per heavy atom. The molecule has 0 amide bonds. The van der Waals surface area contributed by atoms with Crippen molar-refractivity contribution in [3.63, 3.8) is 0 Å². The van der Waals surface area contributed by atoms with Crippen LogP contribution in [0.5, 0.6) is 0 Å². The molecule has 1 N–H and O–H groups in total. The first-order valence-electron chi connectivity index (χ1n) is 3.20. The Balaban J connectivity index is 3.56. The van der Waals surface area contributed by atoms with E-state index in [4.69, 9.17) is 4.55 Å². The van der Waals surface area contributed by atoms with E-state index in [2.05, 4.69) is 6.92 Å². The van der Waals surface area contributed by atoms with Crippen molar-refractivity contribution in [1.82, 2.24) is 0 Å². The molecule has 0 aliphatic carbocycles. The highest BCUT2D eigenvalue weighted by molar-refractivity contribution is 7.85. The third-order valence-electron chi connectivity index (χ3n) is 1.36. The first kappa shape index (κ1) is 9.91. The minimum Gasteiger partial charge on any atom is -0.286 e. The van der Waals surface area contributed by atoms with Crippen LogP contribution in [0.2, 0.25) is 0 Å². The Bertz CT molecular complexity index is 171. The van der Waals surface area contributed by atoms with Crippen LogP contribution in [0.3, 0.4) is 0 Å². The molecular formula is C6H13O3S. The van der Waals surface area contributed by atoms with Gasteiger partial charge in [0.2, 0.25) is 0 Å². The molecule has 0 saturated carbocycles. The van der Waals surface area contributed by atoms with Crippen molar-refractivity contribution in [3.05, 3.63) is 6.92 Å². The lowest BCUT2D eigenvalue weighted by molar-refractivity contribution is 0.470. The molecular weight excluding hydrogens is 152 g/mol. The van der Waals surface area contributed by atoms with Crippen LogP contribution in [0.1, 0.15) is 19.8 Å². The molecule has 4 heteroatoms. The van der Waals surface area contributed by atoms with Gasteiger partial charge in [0, 0.05) is 0 Å². The van der Waals surface area contributed by atoms with E-state index in [9.17, 15) is 8.42 Å². The Morgan fingerprint density at radius 3 is 2.40 bits per heavy atom. The Kier molecular flexibility index (Phi) is 3.89. The molecule has 10 heavy (non-hydrogen) atoms. The van der Waals surface area contributed by atoms with E-state index in [0.717, 1.165) is 0 Å². The molecule has 0 saturated heterocycles. The number of hydrogen-bond donors (Lipinski definition) is 1. The van der Waals surface area contributed by atoms with Gasteiger partial charge in [-0.1, -0.05) is 20.3 Å². The van der Waals surface area contributed by atoms with Crippen molar-refractivity contribution in [3.8, 4) is 0 Å². The van der Waals surface area contributed by atoms with E-state index in [1.165, 1.54) is 0 Å². The molecule has 0 aromatic rings. The minimum absolute atomic E-state index is 0.149. The predicted octanol–water partition coefficient (Wildman–Crippen LogP) is 1.12. The van der Waals surface area contributed by atoms with Gasteiger partial charge in [0.05, 0.1) is 5.75 Å². The van der Waals surface area contributed by atoms with Gasteiger partial charge >= 0.3 is 0 Å². The SMILES string of the molecule is [CH2]CC(C)CCS(=O)(=O)O. The topological polar surface area (TPSA) is 54.4 Å². The lowest BCUT2D eigenvalue weighted by Gasteiger charge is -2.04. The summed E-state index contributed by atoms with van der Waals surface area (Å²) in [6.45, 7) is 5.51. The smallest absolute Gasteiger partial charge is 0.264 e. The van der Waals surface area contributed by atoms with Crippen molar-refractivity contribution in [2.75, 3.05) is 5.75 Å². The van der Waals surface area contributed by atoms with Gasteiger partial charge in [-0.15, -0.1) is 0 Å². The lowest BCUT2D eigenvalue weighted by atomic mass is 10.1. The molecule has 0 aliphatic heterocycles. The van der Waals surface area contributed by atoms with Crippen LogP contribution < -0.4 is 0 Å². The molecule has 1 radical (unpaired) electrons. The molecule has 0 heterocycles. The van der Waals surface area contributed by atoms with Gasteiger partial charge in [-0.25, -0.2) is 0 Å². The van der Waals surface area contributed by atoms with E-state index in [1.807, 2.05) is 6.92 Å². The molecule has 0 bridgehead atoms. The van der Waals surface area contributed by atoms with E-state index in [1.54, 1.807) is 0 Å². The first-order chi connectivity index (χ1) is 4.45. The molecule has 3 nitrogen and oxygen atoms in total. The molecule has 0 aromatic carbocycles. The second-order valence-electron chi connectivity index (χ2n) is 2.47. The van der Waals surface area contributed by atoms with Crippen LogP contribution in [-0.2, 0) is 10.1 Å². The molecule has 61 valence electrons. The van der Waals surface area contributed by atoms with Gasteiger partial charge in [-0.3, -0.25) is 4.55 Å². The lowest BCUT2D eigenvalue weighted by Crippen LogP contribution is -2.07. The number of hydrogen-bond acceptors (Lipinski definition) is 2. The Labute approximate surface area is 62.2 Å². The van der Waals surface area contributed by atoms with E-state index in [-0.39, 0.29) is 11.7 Å². The molecule has 0 aliphatic rings. The predicted molar refractivity (Wildman–Crippen MR) is 40.2 cm³/mol. The first-order valence-corrected chi connectivity index (χ1v) is 4.81. The fourth-order valence-electron chi connectivity index (χ4n) is 0.494. The maximum Gasteiger partial charge on any atom is 0.264 e. The largest absolute Gasteiger partial charge is 0.286 e. The van der Waals surface area contributed by atoms with E-state index < -0.39 is 10.1 Å². The van der Waals surface area contributed by atoms with Gasteiger partial charge in [0.15, 0.2) is 0 Å². The minimum atomic E-state index is -3.76.